The number of rotatable bonds is 8. The summed E-state index contributed by atoms with van der Waals surface area (Å²) < 4.78 is 29.2. The second kappa shape index (κ2) is 10.2. The van der Waals surface area contributed by atoms with Gasteiger partial charge < -0.3 is 10.2 Å². The van der Waals surface area contributed by atoms with Crippen molar-refractivity contribution in [1.29, 1.82) is 0 Å². The van der Waals surface area contributed by atoms with Crippen molar-refractivity contribution in [2.45, 2.75) is 71.2 Å². The van der Waals surface area contributed by atoms with Crippen molar-refractivity contribution in [3.05, 3.63) is 59.7 Å². The first-order valence-electron chi connectivity index (χ1n) is 13.1. The second-order valence-electron chi connectivity index (χ2n) is 11.9. The molecule has 2 fully saturated rings. The van der Waals surface area contributed by atoms with E-state index in [1.807, 2.05) is 38.1 Å². The fourth-order valence-electron chi connectivity index (χ4n) is 6.40. The molecule has 1 saturated heterocycles. The molecule has 7 nitrogen and oxygen atoms in total. The summed E-state index contributed by atoms with van der Waals surface area (Å²) in [5.74, 6) is -0.646. The SMILES string of the molecule is CCCN(CC(=O)Nc1ccccc1C)C(=O)c1cccc(S(=O)(=O)N2CC3(C)CC2CC(C)(C)C3)c1. The molecule has 2 bridgehead atoms. The molecule has 1 aliphatic heterocycles. The number of nitrogens with zero attached hydrogens (tertiary/aromatic N) is 2. The van der Waals surface area contributed by atoms with E-state index in [9.17, 15) is 18.0 Å². The first kappa shape index (κ1) is 27.3. The summed E-state index contributed by atoms with van der Waals surface area (Å²) in [5.41, 5.74) is 1.98. The van der Waals surface area contributed by atoms with Crippen molar-refractivity contribution in [3.8, 4) is 0 Å². The zero-order chi connectivity index (χ0) is 27.0. The Labute approximate surface area is 221 Å². The molecule has 1 N–H and O–H groups in total. The molecule has 200 valence electrons. The van der Waals surface area contributed by atoms with Gasteiger partial charge in [0.1, 0.15) is 6.54 Å². The number of anilines is 1. The molecule has 2 aromatic carbocycles. The lowest BCUT2D eigenvalue weighted by atomic mass is 9.65. The number of carbonyl (C=O) groups excluding carboxylic acids is 2. The maximum atomic E-state index is 13.8. The Hall–Kier alpha value is -2.71. The van der Waals surface area contributed by atoms with Crippen LogP contribution < -0.4 is 5.32 Å². The van der Waals surface area contributed by atoms with Crippen LogP contribution in [0.3, 0.4) is 0 Å². The Morgan fingerprint density at radius 2 is 1.81 bits per heavy atom. The molecular weight excluding hydrogens is 486 g/mol. The third-order valence-corrected chi connectivity index (χ3v) is 9.48. The number of carbonyl (C=O) groups is 2. The van der Waals surface area contributed by atoms with Gasteiger partial charge in [0.2, 0.25) is 15.9 Å². The zero-order valence-electron chi connectivity index (χ0n) is 22.6. The highest BCUT2D eigenvalue weighted by Crippen LogP contribution is 2.53. The van der Waals surface area contributed by atoms with Gasteiger partial charge >= 0.3 is 0 Å². The number of hydrogen-bond acceptors (Lipinski definition) is 4. The van der Waals surface area contributed by atoms with E-state index in [-0.39, 0.29) is 45.7 Å². The topological polar surface area (TPSA) is 86.8 Å². The fraction of sp³-hybridized carbons (Fsp3) is 0.517. The molecule has 8 heteroatoms. The summed E-state index contributed by atoms with van der Waals surface area (Å²) in [6, 6.07) is 13.7. The molecule has 2 unspecified atom stereocenters. The molecule has 2 aromatic rings. The predicted molar refractivity (Wildman–Crippen MR) is 146 cm³/mol. The summed E-state index contributed by atoms with van der Waals surface area (Å²) in [6.45, 7) is 11.2. The Bertz CT molecular complexity index is 1290. The van der Waals surface area contributed by atoms with Gasteiger partial charge in [-0.05, 0) is 73.3 Å². The predicted octanol–water partition coefficient (Wildman–Crippen LogP) is 5.08. The Kier molecular flexibility index (Phi) is 7.55. The monoisotopic (exact) mass is 525 g/mol. The van der Waals surface area contributed by atoms with Crippen LogP contribution in [0.1, 0.15) is 69.3 Å². The van der Waals surface area contributed by atoms with Gasteiger partial charge in [-0.2, -0.15) is 4.31 Å². The van der Waals surface area contributed by atoms with Crippen molar-refractivity contribution in [1.82, 2.24) is 9.21 Å². The van der Waals surface area contributed by atoms with Gasteiger partial charge in [-0.3, -0.25) is 9.59 Å². The number of sulfonamides is 1. The Balaban J connectivity index is 1.53. The minimum Gasteiger partial charge on any atom is -0.329 e. The Morgan fingerprint density at radius 3 is 2.51 bits per heavy atom. The van der Waals surface area contributed by atoms with E-state index in [4.69, 9.17) is 0 Å². The van der Waals surface area contributed by atoms with Gasteiger partial charge in [0.05, 0.1) is 4.90 Å². The van der Waals surface area contributed by atoms with Crippen LogP contribution in [0.25, 0.3) is 0 Å². The highest BCUT2D eigenvalue weighted by Gasteiger charge is 2.53. The van der Waals surface area contributed by atoms with E-state index in [2.05, 4.69) is 26.1 Å². The number of amides is 2. The Morgan fingerprint density at radius 1 is 1.08 bits per heavy atom. The van der Waals surface area contributed by atoms with E-state index in [1.54, 1.807) is 22.5 Å². The van der Waals surface area contributed by atoms with Crippen LogP contribution in [0.4, 0.5) is 5.69 Å². The van der Waals surface area contributed by atoms with Gasteiger partial charge in [-0.25, -0.2) is 8.42 Å². The fourth-order valence-corrected chi connectivity index (χ4v) is 8.22. The first-order valence-corrected chi connectivity index (χ1v) is 14.5. The van der Waals surface area contributed by atoms with E-state index in [0.717, 1.165) is 24.8 Å². The van der Waals surface area contributed by atoms with Crippen LogP contribution >= 0.6 is 0 Å². The van der Waals surface area contributed by atoms with Crippen LogP contribution in [0.5, 0.6) is 0 Å². The van der Waals surface area contributed by atoms with Gasteiger partial charge in [-0.1, -0.05) is 52.0 Å². The number of aryl methyl sites for hydroxylation is 1. The van der Waals surface area contributed by atoms with Crippen molar-refractivity contribution < 1.29 is 18.0 Å². The lowest BCUT2D eigenvalue weighted by Gasteiger charge is -2.39. The van der Waals surface area contributed by atoms with Crippen LogP contribution in [-0.2, 0) is 14.8 Å². The summed E-state index contributed by atoms with van der Waals surface area (Å²) in [6.07, 6.45) is 3.37. The quantitative estimate of drug-likeness (QED) is 0.521. The number of benzene rings is 2. The number of fused-ring (bicyclic) bond motifs is 2. The van der Waals surface area contributed by atoms with Crippen LogP contribution in [0, 0.1) is 17.8 Å². The molecule has 0 aromatic heterocycles. The molecule has 1 aliphatic carbocycles. The molecule has 1 saturated carbocycles. The minimum absolute atomic E-state index is 0.0279. The van der Waals surface area contributed by atoms with Gasteiger partial charge in [0.25, 0.3) is 5.91 Å². The van der Waals surface area contributed by atoms with E-state index < -0.39 is 10.0 Å². The van der Waals surface area contributed by atoms with Crippen LogP contribution in [0.15, 0.2) is 53.4 Å². The van der Waals surface area contributed by atoms with E-state index in [1.165, 1.54) is 11.0 Å². The van der Waals surface area contributed by atoms with Crippen molar-refractivity contribution in [2.75, 3.05) is 25.0 Å². The summed E-state index contributed by atoms with van der Waals surface area (Å²) in [4.78, 5) is 27.8. The second-order valence-corrected chi connectivity index (χ2v) is 13.8. The average molecular weight is 526 g/mol. The summed E-state index contributed by atoms with van der Waals surface area (Å²) >= 11 is 0. The number of para-hydroxylation sites is 1. The molecule has 2 aliphatic rings. The normalized spacial score (nSPS) is 23.0. The molecular formula is C29H39N3O4S. The molecule has 37 heavy (non-hydrogen) atoms. The molecule has 2 amide bonds. The summed E-state index contributed by atoms with van der Waals surface area (Å²) in [7, 11) is -3.76. The lowest BCUT2D eigenvalue weighted by molar-refractivity contribution is -0.116. The standard InChI is InChI=1S/C29H39N3O4S/c1-6-14-31(18-26(33)30-25-13-8-7-10-21(25)2)27(34)22-11-9-12-24(15-22)37(35,36)32-20-29(5)17-23(32)16-28(3,4)19-29/h7-13,15,23H,6,14,16-20H2,1-5H3,(H,30,33). The maximum absolute atomic E-state index is 13.8. The highest BCUT2D eigenvalue weighted by molar-refractivity contribution is 7.89. The molecule has 0 spiro atoms. The zero-order valence-corrected chi connectivity index (χ0v) is 23.4. The smallest absolute Gasteiger partial charge is 0.254 e. The van der Waals surface area contributed by atoms with Gasteiger partial charge in [-0.15, -0.1) is 0 Å². The van der Waals surface area contributed by atoms with E-state index in [0.29, 0.717) is 25.2 Å². The number of nitrogens with one attached hydrogen (secondary N) is 1. The molecule has 0 radical (unpaired) electrons. The molecule has 1 heterocycles. The van der Waals surface area contributed by atoms with Crippen molar-refractivity contribution >= 4 is 27.5 Å². The van der Waals surface area contributed by atoms with Crippen molar-refractivity contribution in [3.63, 3.8) is 0 Å². The van der Waals surface area contributed by atoms with Gasteiger partial charge in [0, 0.05) is 30.4 Å². The minimum atomic E-state index is -3.76. The molecule has 4 rings (SSSR count). The third-order valence-electron chi connectivity index (χ3n) is 7.59. The van der Waals surface area contributed by atoms with Crippen LogP contribution in [-0.4, -0.2) is 55.1 Å². The van der Waals surface area contributed by atoms with E-state index >= 15 is 0 Å². The average Bonchev–Trinajstić information content (AvgIpc) is 3.09. The highest BCUT2D eigenvalue weighted by atomic mass is 32.2. The lowest BCUT2D eigenvalue weighted by Crippen LogP contribution is -2.39. The van der Waals surface area contributed by atoms with Crippen LogP contribution in [0.2, 0.25) is 0 Å². The summed E-state index contributed by atoms with van der Waals surface area (Å²) in [5, 5.41) is 2.87. The first-order chi connectivity index (χ1) is 17.3. The maximum Gasteiger partial charge on any atom is 0.254 e. The largest absolute Gasteiger partial charge is 0.329 e. The third kappa shape index (κ3) is 5.91. The van der Waals surface area contributed by atoms with Gasteiger partial charge in [0.15, 0.2) is 0 Å². The van der Waals surface area contributed by atoms with Crippen molar-refractivity contribution in [2.24, 2.45) is 10.8 Å². The number of hydrogen-bond donors (Lipinski definition) is 1. The molecule has 2 atom stereocenters.